The molecule has 0 atom stereocenters. The minimum absolute atomic E-state index is 0.677. The van der Waals surface area contributed by atoms with Gasteiger partial charge in [0.25, 0.3) is 5.52 Å². The summed E-state index contributed by atoms with van der Waals surface area (Å²) in [5.74, 6) is 1.68. The largest absolute Gasteiger partial charge is 0.882 e. The molecule has 0 bridgehead atoms. The third-order valence-corrected chi connectivity index (χ3v) is 6.40. The van der Waals surface area contributed by atoms with Gasteiger partial charge in [0.05, 0.1) is 11.1 Å². The summed E-state index contributed by atoms with van der Waals surface area (Å²) in [5.41, 5.74) is 4.71. The molecule has 1 heterocycles. The molecule has 4 heteroatoms. The Morgan fingerprint density at radius 3 is 2.29 bits per heavy atom. The molecule has 0 fully saturated rings. The van der Waals surface area contributed by atoms with E-state index in [1.54, 1.807) is 0 Å². The highest BCUT2D eigenvalue weighted by molar-refractivity contribution is 6.21. The van der Waals surface area contributed by atoms with Crippen LogP contribution < -0.4 is 12.1 Å². The Kier molecular flexibility index (Phi) is 5.34. The first-order chi connectivity index (χ1) is 15.2. The van der Waals surface area contributed by atoms with Crippen molar-refractivity contribution in [2.75, 3.05) is 0 Å². The van der Waals surface area contributed by atoms with Gasteiger partial charge in [-0.1, -0.05) is 54.6 Å². The zero-order chi connectivity index (χ0) is 21.2. The monoisotopic (exact) mass is 419 g/mol. The molecule has 0 saturated heterocycles. The van der Waals surface area contributed by atoms with Crippen LogP contribution in [0, 0.1) is 6.92 Å². The average Bonchev–Trinajstić information content (AvgIpc) is 2.82. The van der Waals surface area contributed by atoms with Crippen LogP contribution in [-0.4, -0.2) is 15.9 Å². The van der Waals surface area contributed by atoms with E-state index in [0.29, 0.717) is 0 Å². The summed E-state index contributed by atoms with van der Waals surface area (Å²) in [6, 6.07) is 33.5. The van der Waals surface area contributed by atoms with E-state index in [0.717, 1.165) is 27.8 Å². The number of rotatable bonds is 5. The number of hydrogen-bond acceptors (Lipinski definition) is 2. The van der Waals surface area contributed by atoms with Crippen LogP contribution >= 0.6 is 0 Å². The lowest BCUT2D eigenvalue weighted by atomic mass is 10.0. The zero-order valence-electron chi connectivity index (χ0n) is 17.6. The molecule has 1 radical (unpaired) electrons. The van der Waals surface area contributed by atoms with Gasteiger partial charge in [-0.25, -0.2) is 0 Å². The Bertz CT molecular complexity index is 1380. The van der Waals surface area contributed by atoms with E-state index in [1.165, 1.54) is 22.2 Å². The summed E-state index contributed by atoms with van der Waals surface area (Å²) in [7, 11) is 2.06. The molecule has 3 nitrogen and oxygen atoms in total. The van der Waals surface area contributed by atoms with E-state index in [9.17, 15) is 0 Å². The molecule has 149 valence electrons. The van der Waals surface area contributed by atoms with Gasteiger partial charge in [0.2, 0.25) is 0 Å². The standard InChI is InChI=1S/C16H12O.C11H11NO.Al/c17-16-9-8-14-10-13(6-7-15(14)11-16)12-4-2-1-3-5-12;1-8-6-7-9-4-3-5-10(13)11(9)12(8)2;/h1-11,17H;3-7H,1-2H3;/q;;+2/p-1. The molecule has 5 aromatic rings. The van der Waals surface area contributed by atoms with Crippen molar-refractivity contribution >= 4 is 37.6 Å². The number of aryl methyl sites for hydroxylation is 2. The molecule has 1 aromatic heterocycles. The van der Waals surface area contributed by atoms with Gasteiger partial charge in [0.15, 0.2) is 11.4 Å². The minimum atomic E-state index is -0.677. The lowest BCUT2D eigenvalue weighted by Gasteiger charge is -2.11. The molecule has 0 spiro atoms. The fraction of sp³-hybridized carbons (Fsp3) is 0.0741. The topological polar surface area (TPSA) is 22.3 Å². The molecule has 0 aliphatic rings. The summed E-state index contributed by atoms with van der Waals surface area (Å²) >= 11 is -0.677. The van der Waals surface area contributed by atoms with Crippen molar-refractivity contribution in [2.45, 2.75) is 6.92 Å². The zero-order valence-corrected chi connectivity index (χ0v) is 18.7. The van der Waals surface area contributed by atoms with Gasteiger partial charge in [-0.2, -0.15) is 4.57 Å². The SMILES string of the molecule is Cc1ccc2cccc([O][Al][O]c3ccc4cc(-c5ccccc5)ccc4c3)c2[n+]1C. The van der Waals surface area contributed by atoms with E-state index >= 15 is 0 Å². The molecule has 5 rings (SSSR count). The van der Waals surface area contributed by atoms with Crippen molar-refractivity contribution in [2.24, 2.45) is 7.05 Å². The van der Waals surface area contributed by atoms with Crippen molar-refractivity contribution in [3.63, 3.8) is 0 Å². The Morgan fingerprint density at radius 1 is 0.645 bits per heavy atom. The van der Waals surface area contributed by atoms with Gasteiger partial charge in [-0.3, -0.25) is 0 Å². The highest BCUT2D eigenvalue weighted by atomic mass is 27.2. The van der Waals surface area contributed by atoms with Gasteiger partial charge < -0.3 is 7.58 Å². The molecular weight excluding hydrogens is 397 g/mol. The molecular formula is C27H22AlNO2+. The first kappa shape index (κ1) is 19.6. The molecule has 0 N–H and O–H groups in total. The number of hydrogen-bond donors (Lipinski definition) is 0. The predicted octanol–water partition coefficient (Wildman–Crippen LogP) is 5.78. The summed E-state index contributed by atoms with van der Waals surface area (Å²) in [5, 5.41) is 3.51. The maximum Gasteiger partial charge on any atom is 0.882 e. The fourth-order valence-corrected chi connectivity index (χ4v) is 4.46. The molecule has 0 aliphatic carbocycles. The molecule has 4 aromatic carbocycles. The van der Waals surface area contributed by atoms with Crippen molar-refractivity contribution < 1.29 is 12.1 Å². The Labute approximate surface area is 188 Å². The Balaban J connectivity index is 1.34. The second-order valence-electron chi connectivity index (χ2n) is 7.65. The maximum atomic E-state index is 6.09. The van der Waals surface area contributed by atoms with E-state index in [-0.39, 0.29) is 0 Å². The summed E-state index contributed by atoms with van der Waals surface area (Å²) in [6.07, 6.45) is 0. The van der Waals surface area contributed by atoms with E-state index in [2.05, 4.69) is 91.3 Å². The first-order valence-electron chi connectivity index (χ1n) is 10.3. The molecule has 0 saturated carbocycles. The molecule has 31 heavy (non-hydrogen) atoms. The van der Waals surface area contributed by atoms with Crippen LogP contribution in [0.4, 0.5) is 0 Å². The third-order valence-electron chi connectivity index (χ3n) is 5.68. The summed E-state index contributed by atoms with van der Waals surface area (Å²) in [4.78, 5) is 0. The quantitative estimate of drug-likeness (QED) is 0.266. The fourth-order valence-electron chi connectivity index (χ4n) is 3.87. The molecule has 0 unspecified atom stereocenters. The molecule has 0 aliphatic heterocycles. The van der Waals surface area contributed by atoms with Gasteiger partial charge in [-0.15, -0.1) is 0 Å². The van der Waals surface area contributed by atoms with Crippen LogP contribution in [0.25, 0.3) is 32.8 Å². The van der Waals surface area contributed by atoms with Crippen molar-refractivity contribution in [1.29, 1.82) is 0 Å². The number of fused-ring (bicyclic) bond motifs is 2. The van der Waals surface area contributed by atoms with Crippen LogP contribution in [0.3, 0.4) is 0 Å². The smallest absolute Gasteiger partial charge is 0.616 e. The Hall–Kier alpha value is -3.32. The number of nitrogens with zero attached hydrogens (tertiary/aromatic N) is 1. The highest BCUT2D eigenvalue weighted by Crippen LogP contribution is 2.27. The average molecular weight is 419 g/mol. The Morgan fingerprint density at radius 2 is 1.42 bits per heavy atom. The van der Waals surface area contributed by atoms with Gasteiger partial charge >= 0.3 is 15.9 Å². The summed E-state index contributed by atoms with van der Waals surface area (Å²) in [6.45, 7) is 2.10. The lowest BCUT2D eigenvalue weighted by Crippen LogP contribution is -2.33. The minimum Gasteiger partial charge on any atom is -0.616 e. The highest BCUT2D eigenvalue weighted by Gasteiger charge is 2.16. The van der Waals surface area contributed by atoms with Gasteiger partial charge in [-0.05, 0) is 58.3 Å². The van der Waals surface area contributed by atoms with Crippen LogP contribution in [0.15, 0.2) is 97.1 Å². The van der Waals surface area contributed by atoms with Crippen LogP contribution in [0.1, 0.15) is 5.69 Å². The number of benzene rings is 4. The van der Waals surface area contributed by atoms with Crippen LogP contribution in [0.5, 0.6) is 11.5 Å². The number of pyridine rings is 1. The van der Waals surface area contributed by atoms with Crippen LogP contribution in [-0.2, 0) is 7.05 Å². The van der Waals surface area contributed by atoms with E-state index in [1.807, 2.05) is 24.3 Å². The normalized spacial score (nSPS) is 10.9. The van der Waals surface area contributed by atoms with Gasteiger partial charge in [0, 0.05) is 13.0 Å². The number of aromatic nitrogens is 1. The second kappa shape index (κ2) is 8.43. The van der Waals surface area contributed by atoms with E-state index < -0.39 is 15.9 Å². The van der Waals surface area contributed by atoms with Gasteiger partial charge in [0.1, 0.15) is 7.05 Å². The maximum absolute atomic E-state index is 6.09. The first-order valence-corrected chi connectivity index (χ1v) is 11.3. The predicted molar refractivity (Wildman–Crippen MR) is 126 cm³/mol. The number of para-hydroxylation sites is 1. The van der Waals surface area contributed by atoms with Crippen molar-refractivity contribution in [3.8, 4) is 22.6 Å². The lowest BCUT2D eigenvalue weighted by molar-refractivity contribution is -0.651. The summed E-state index contributed by atoms with van der Waals surface area (Å²) < 4.78 is 14.2. The van der Waals surface area contributed by atoms with Crippen molar-refractivity contribution in [3.05, 3.63) is 103 Å². The second-order valence-corrected chi connectivity index (χ2v) is 8.31. The van der Waals surface area contributed by atoms with Crippen molar-refractivity contribution in [1.82, 2.24) is 0 Å². The third kappa shape index (κ3) is 4.01. The molecule has 0 amide bonds. The van der Waals surface area contributed by atoms with E-state index in [4.69, 9.17) is 7.58 Å². The van der Waals surface area contributed by atoms with Crippen LogP contribution in [0.2, 0.25) is 0 Å².